The Morgan fingerprint density at radius 1 is 1.29 bits per heavy atom. The second-order valence-corrected chi connectivity index (χ2v) is 4.00. The van der Waals surface area contributed by atoms with Crippen molar-refractivity contribution >= 4 is 0 Å². The number of aryl methyl sites for hydroxylation is 1. The predicted octanol–water partition coefficient (Wildman–Crippen LogP) is 1.40. The Morgan fingerprint density at radius 3 is 2.65 bits per heavy atom. The van der Waals surface area contributed by atoms with Crippen LogP contribution in [0.25, 0.3) is 0 Å². The van der Waals surface area contributed by atoms with E-state index in [1.807, 2.05) is 32.0 Å². The molecule has 17 heavy (non-hydrogen) atoms. The quantitative estimate of drug-likeness (QED) is 0.706. The highest BCUT2D eigenvalue weighted by atomic mass is 16.5. The van der Waals surface area contributed by atoms with Crippen molar-refractivity contribution < 1.29 is 14.6 Å². The zero-order valence-electron chi connectivity index (χ0n) is 10.5. The van der Waals surface area contributed by atoms with Crippen molar-refractivity contribution in [2.75, 3.05) is 26.4 Å². The molecule has 4 nitrogen and oxygen atoms in total. The second kappa shape index (κ2) is 7.27. The number of rotatable bonds is 7. The molecule has 0 bridgehead atoms. The molecule has 0 spiro atoms. The first-order chi connectivity index (χ1) is 8.15. The number of ether oxygens (including phenoxy) is 2. The van der Waals surface area contributed by atoms with E-state index in [4.69, 9.17) is 20.3 Å². The number of hydrogen-bond donors (Lipinski definition) is 2. The minimum Gasteiger partial charge on any atom is -0.491 e. The Balaban J connectivity index is 2.43. The van der Waals surface area contributed by atoms with Gasteiger partial charge in [-0.2, -0.15) is 0 Å². The van der Waals surface area contributed by atoms with E-state index in [-0.39, 0.29) is 12.6 Å². The summed E-state index contributed by atoms with van der Waals surface area (Å²) in [6.45, 7) is 5.31. The van der Waals surface area contributed by atoms with E-state index in [1.54, 1.807) is 0 Å². The Hall–Kier alpha value is -1.10. The van der Waals surface area contributed by atoms with E-state index in [2.05, 4.69) is 0 Å². The molecule has 0 heterocycles. The highest BCUT2D eigenvalue weighted by Crippen LogP contribution is 2.21. The molecule has 0 aromatic heterocycles. The van der Waals surface area contributed by atoms with Crippen LogP contribution < -0.4 is 10.5 Å². The van der Waals surface area contributed by atoms with Crippen LogP contribution in [0.3, 0.4) is 0 Å². The average molecular weight is 239 g/mol. The predicted molar refractivity (Wildman–Crippen MR) is 67.2 cm³/mol. The smallest absolute Gasteiger partial charge is 0.122 e. The number of nitrogens with two attached hydrogens (primary N) is 1. The van der Waals surface area contributed by atoms with Gasteiger partial charge in [0.05, 0.1) is 19.8 Å². The van der Waals surface area contributed by atoms with E-state index in [0.29, 0.717) is 19.8 Å². The highest BCUT2D eigenvalue weighted by molar-refractivity contribution is 5.37. The van der Waals surface area contributed by atoms with Gasteiger partial charge in [-0.3, -0.25) is 0 Å². The molecule has 1 aromatic rings. The molecule has 1 rings (SSSR count). The summed E-state index contributed by atoms with van der Waals surface area (Å²) in [6, 6.07) is 5.98. The molecule has 1 aromatic carbocycles. The van der Waals surface area contributed by atoms with Crippen molar-refractivity contribution in [2.45, 2.75) is 19.9 Å². The van der Waals surface area contributed by atoms with E-state index in [0.717, 1.165) is 16.9 Å². The first-order valence-corrected chi connectivity index (χ1v) is 5.82. The third kappa shape index (κ3) is 4.73. The summed E-state index contributed by atoms with van der Waals surface area (Å²) in [5.41, 5.74) is 7.98. The van der Waals surface area contributed by atoms with Crippen molar-refractivity contribution in [2.24, 2.45) is 5.73 Å². The summed E-state index contributed by atoms with van der Waals surface area (Å²) in [5, 5.41) is 8.53. The number of benzene rings is 1. The van der Waals surface area contributed by atoms with Crippen LogP contribution in [0.5, 0.6) is 5.75 Å². The molecule has 96 valence electrons. The van der Waals surface area contributed by atoms with Gasteiger partial charge in [-0.15, -0.1) is 0 Å². The molecule has 0 saturated carbocycles. The van der Waals surface area contributed by atoms with Gasteiger partial charge in [0.2, 0.25) is 0 Å². The van der Waals surface area contributed by atoms with Crippen molar-refractivity contribution in [3.8, 4) is 5.75 Å². The Kier molecular flexibility index (Phi) is 5.97. The van der Waals surface area contributed by atoms with E-state index < -0.39 is 0 Å². The average Bonchev–Trinajstić information content (AvgIpc) is 2.30. The molecule has 1 atom stereocenters. The molecule has 0 aliphatic rings. The summed E-state index contributed by atoms with van der Waals surface area (Å²) in [6.07, 6.45) is 0. The first-order valence-electron chi connectivity index (χ1n) is 5.82. The summed E-state index contributed by atoms with van der Waals surface area (Å²) in [4.78, 5) is 0. The zero-order chi connectivity index (χ0) is 12.7. The molecule has 1 unspecified atom stereocenters. The molecule has 4 heteroatoms. The highest BCUT2D eigenvalue weighted by Gasteiger charge is 2.04. The number of aliphatic hydroxyl groups is 1. The fraction of sp³-hybridized carbons (Fsp3) is 0.538. The van der Waals surface area contributed by atoms with Crippen molar-refractivity contribution in [1.82, 2.24) is 0 Å². The molecule has 0 aliphatic heterocycles. The molecule has 0 amide bonds. The number of aliphatic hydroxyl groups excluding tert-OH is 1. The summed E-state index contributed by atoms with van der Waals surface area (Å²) < 4.78 is 10.7. The van der Waals surface area contributed by atoms with Gasteiger partial charge in [0.15, 0.2) is 0 Å². The van der Waals surface area contributed by atoms with Gasteiger partial charge in [-0.25, -0.2) is 0 Å². The minimum absolute atomic E-state index is 0.0376. The SMILES string of the molecule is Cc1cc(C(C)N)ccc1OCCOCCO. The molecule has 3 N–H and O–H groups in total. The van der Waals surface area contributed by atoms with Crippen molar-refractivity contribution in [3.05, 3.63) is 29.3 Å². The monoisotopic (exact) mass is 239 g/mol. The van der Waals surface area contributed by atoms with Crippen LogP contribution in [0.1, 0.15) is 24.1 Å². The lowest BCUT2D eigenvalue weighted by Crippen LogP contribution is -2.10. The van der Waals surface area contributed by atoms with E-state index in [1.165, 1.54) is 0 Å². The lowest BCUT2D eigenvalue weighted by atomic mass is 10.1. The second-order valence-electron chi connectivity index (χ2n) is 4.00. The maximum absolute atomic E-state index is 8.53. The van der Waals surface area contributed by atoms with Crippen molar-refractivity contribution in [3.63, 3.8) is 0 Å². The van der Waals surface area contributed by atoms with Gasteiger partial charge in [0.1, 0.15) is 12.4 Å². The van der Waals surface area contributed by atoms with Gasteiger partial charge < -0.3 is 20.3 Å². The third-order valence-electron chi connectivity index (χ3n) is 2.45. The van der Waals surface area contributed by atoms with Gasteiger partial charge in [0.25, 0.3) is 0 Å². The normalized spacial score (nSPS) is 12.5. The molecular formula is C13H21NO3. The van der Waals surface area contributed by atoms with Crippen LogP contribution >= 0.6 is 0 Å². The Labute approximate surface area is 102 Å². The van der Waals surface area contributed by atoms with Crippen LogP contribution in [0.4, 0.5) is 0 Å². The van der Waals surface area contributed by atoms with E-state index >= 15 is 0 Å². The number of hydrogen-bond acceptors (Lipinski definition) is 4. The third-order valence-corrected chi connectivity index (χ3v) is 2.45. The lowest BCUT2D eigenvalue weighted by Gasteiger charge is -2.12. The fourth-order valence-electron chi connectivity index (χ4n) is 1.49. The van der Waals surface area contributed by atoms with Gasteiger partial charge in [-0.05, 0) is 31.0 Å². The van der Waals surface area contributed by atoms with Gasteiger partial charge in [0, 0.05) is 6.04 Å². The van der Waals surface area contributed by atoms with E-state index in [9.17, 15) is 0 Å². The molecular weight excluding hydrogens is 218 g/mol. The maximum Gasteiger partial charge on any atom is 0.122 e. The zero-order valence-corrected chi connectivity index (χ0v) is 10.5. The first kappa shape index (κ1) is 14.0. The van der Waals surface area contributed by atoms with Crippen LogP contribution in [0.15, 0.2) is 18.2 Å². The molecule has 0 saturated heterocycles. The van der Waals surface area contributed by atoms with Gasteiger partial charge >= 0.3 is 0 Å². The molecule has 0 aliphatic carbocycles. The van der Waals surface area contributed by atoms with Crippen LogP contribution in [0.2, 0.25) is 0 Å². The van der Waals surface area contributed by atoms with Gasteiger partial charge in [-0.1, -0.05) is 12.1 Å². The van der Waals surface area contributed by atoms with Crippen LogP contribution in [-0.2, 0) is 4.74 Å². The maximum atomic E-state index is 8.53. The summed E-state index contributed by atoms with van der Waals surface area (Å²) in [5.74, 6) is 0.849. The topological polar surface area (TPSA) is 64.7 Å². The minimum atomic E-state index is 0.0376. The van der Waals surface area contributed by atoms with Crippen molar-refractivity contribution in [1.29, 1.82) is 0 Å². The molecule has 0 fully saturated rings. The summed E-state index contributed by atoms with van der Waals surface area (Å²) >= 11 is 0. The fourth-order valence-corrected chi connectivity index (χ4v) is 1.49. The molecule has 0 radical (unpaired) electrons. The summed E-state index contributed by atoms with van der Waals surface area (Å²) in [7, 11) is 0. The standard InChI is InChI=1S/C13H21NO3/c1-10-9-12(11(2)14)3-4-13(10)17-8-7-16-6-5-15/h3-4,9,11,15H,5-8,14H2,1-2H3. The Bertz CT molecular complexity index is 339. The van der Waals surface area contributed by atoms with Crippen LogP contribution in [-0.4, -0.2) is 31.5 Å². The lowest BCUT2D eigenvalue weighted by molar-refractivity contribution is 0.0703. The Morgan fingerprint density at radius 2 is 2.06 bits per heavy atom. The largest absolute Gasteiger partial charge is 0.491 e. The van der Waals surface area contributed by atoms with Crippen LogP contribution in [0, 0.1) is 6.92 Å².